The minimum Gasteiger partial charge on any atom is -0.496 e. The standard InChI is InChI=1S/C14H17ClF3NO4S/c1-22-13-8-10(23-24(20,21)14(16,17)18)7-12(15)11(13)9-19-5-3-2-4-6-19/h7-8H,2-6,9H2,1H3. The third-order valence-electron chi connectivity index (χ3n) is 3.67. The molecule has 0 spiro atoms. The number of nitrogens with zero attached hydrogens (tertiary/aromatic N) is 1. The van der Waals surface area contributed by atoms with Gasteiger partial charge in [-0.25, -0.2) is 0 Å². The number of methoxy groups -OCH3 is 1. The maximum absolute atomic E-state index is 12.4. The number of benzene rings is 1. The molecule has 1 aliphatic heterocycles. The van der Waals surface area contributed by atoms with Crippen LogP contribution in [0.5, 0.6) is 11.5 Å². The van der Waals surface area contributed by atoms with Crippen molar-refractivity contribution in [1.82, 2.24) is 4.90 Å². The summed E-state index contributed by atoms with van der Waals surface area (Å²) in [6, 6.07) is 2.14. The molecular formula is C14H17ClF3NO4S. The van der Waals surface area contributed by atoms with E-state index in [1.807, 2.05) is 0 Å². The highest BCUT2D eigenvalue weighted by Gasteiger charge is 2.48. The highest BCUT2D eigenvalue weighted by atomic mass is 35.5. The lowest BCUT2D eigenvalue weighted by Crippen LogP contribution is -2.29. The van der Waals surface area contributed by atoms with Crippen LogP contribution in [0.1, 0.15) is 24.8 Å². The molecule has 1 heterocycles. The van der Waals surface area contributed by atoms with Crippen molar-refractivity contribution >= 4 is 21.7 Å². The van der Waals surface area contributed by atoms with E-state index < -0.39 is 21.4 Å². The number of ether oxygens (including phenoxy) is 1. The lowest BCUT2D eigenvalue weighted by molar-refractivity contribution is -0.0500. The van der Waals surface area contributed by atoms with Crippen molar-refractivity contribution in [2.45, 2.75) is 31.3 Å². The molecule has 1 aromatic carbocycles. The topological polar surface area (TPSA) is 55.8 Å². The molecule has 0 unspecified atom stereocenters. The van der Waals surface area contributed by atoms with Gasteiger partial charge in [-0.15, -0.1) is 0 Å². The van der Waals surface area contributed by atoms with Gasteiger partial charge in [-0.2, -0.15) is 21.6 Å². The molecule has 2 rings (SSSR count). The van der Waals surface area contributed by atoms with Crippen molar-refractivity contribution in [3.05, 3.63) is 22.7 Å². The maximum atomic E-state index is 12.4. The van der Waals surface area contributed by atoms with Gasteiger partial charge < -0.3 is 8.92 Å². The van der Waals surface area contributed by atoms with Gasteiger partial charge in [0.2, 0.25) is 0 Å². The number of halogens is 4. The summed E-state index contributed by atoms with van der Waals surface area (Å²) in [5, 5.41) is 0.0901. The summed E-state index contributed by atoms with van der Waals surface area (Å²) in [7, 11) is -4.43. The molecule has 5 nitrogen and oxygen atoms in total. The normalized spacial score (nSPS) is 16.9. The van der Waals surface area contributed by atoms with Gasteiger partial charge in [-0.05, 0) is 25.9 Å². The van der Waals surface area contributed by atoms with Gasteiger partial charge in [0.1, 0.15) is 11.5 Å². The Balaban J connectivity index is 2.26. The zero-order chi connectivity index (χ0) is 18.0. The van der Waals surface area contributed by atoms with E-state index in [9.17, 15) is 21.6 Å². The van der Waals surface area contributed by atoms with Crippen molar-refractivity contribution in [2.24, 2.45) is 0 Å². The smallest absolute Gasteiger partial charge is 0.496 e. The maximum Gasteiger partial charge on any atom is 0.534 e. The Kier molecular flexibility index (Phi) is 5.87. The number of piperidine rings is 1. The van der Waals surface area contributed by atoms with Gasteiger partial charge in [0, 0.05) is 24.2 Å². The van der Waals surface area contributed by atoms with E-state index in [1.54, 1.807) is 0 Å². The van der Waals surface area contributed by atoms with Gasteiger partial charge in [0.05, 0.1) is 12.1 Å². The molecular weight excluding hydrogens is 371 g/mol. The second-order valence-corrected chi connectivity index (χ2v) is 7.35. The van der Waals surface area contributed by atoms with Gasteiger partial charge in [-0.1, -0.05) is 18.0 Å². The molecule has 0 radical (unpaired) electrons. The van der Waals surface area contributed by atoms with Crippen LogP contribution in [-0.4, -0.2) is 39.0 Å². The van der Waals surface area contributed by atoms with E-state index in [2.05, 4.69) is 9.08 Å². The number of rotatable bonds is 5. The molecule has 10 heteroatoms. The Hall–Kier alpha value is -1.19. The molecule has 1 aliphatic rings. The third kappa shape index (κ3) is 4.46. The Morgan fingerprint density at radius 1 is 1.21 bits per heavy atom. The fourth-order valence-corrected chi connectivity index (χ4v) is 3.19. The zero-order valence-corrected chi connectivity index (χ0v) is 14.5. The molecule has 0 N–H and O–H groups in total. The SMILES string of the molecule is COc1cc(OS(=O)(=O)C(F)(F)F)cc(Cl)c1CN1CCCCC1. The van der Waals surface area contributed by atoms with Crippen molar-refractivity contribution in [3.8, 4) is 11.5 Å². The fourth-order valence-electron chi connectivity index (χ4n) is 2.49. The lowest BCUT2D eigenvalue weighted by Gasteiger charge is -2.27. The molecule has 0 aliphatic carbocycles. The molecule has 0 saturated carbocycles. The van der Waals surface area contributed by atoms with Crippen LogP contribution < -0.4 is 8.92 Å². The Morgan fingerprint density at radius 3 is 2.38 bits per heavy atom. The largest absolute Gasteiger partial charge is 0.534 e. The van der Waals surface area contributed by atoms with Crippen LogP contribution in [0.25, 0.3) is 0 Å². The summed E-state index contributed by atoms with van der Waals surface area (Å²) < 4.78 is 68.7. The quantitative estimate of drug-likeness (QED) is 0.571. The van der Waals surface area contributed by atoms with Crippen LogP contribution in [-0.2, 0) is 16.7 Å². The van der Waals surface area contributed by atoms with Crippen LogP contribution in [0.3, 0.4) is 0 Å². The Morgan fingerprint density at radius 2 is 1.83 bits per heavy atom. The monoisotopic (exact) mass is 387 g/mol. The Bertz CT molecular complexity index is 688. The Labute approximate surface area is 143 Å². The van der Waals surface area contributed by atoms with Crippen LogP contribution in [0, 0.1) is 0 Å². The zero-order valence-electron chi connectivity index (χ0n) is 12.9. The summed E-state index contributed by atoms with van der Waals surface area (Å²) in [6.45, 7) is 2.24. The first-order valence-electron chi connectivity index (χ1n) is 7.23. The van der Waals surface area contributed by atoms with Crippen molar-refractivity contribution in [3.63, 3.8) is 0 Å². The first-order chi connectivity index (χ1) is 11.1. The number of hydrogen-bond donors (Lipinski definition) is 0. The number of hydrogen-bond acceptors (Lipinski definition) is 5. The third-order valence-corrected chi connectivity index (χ3v) is 4.98. The minimum atomic E-state index is -5.76. The molecule has 24 heavy (non-hydrogen) atoms. The highest BCUT2D eigenvalue weighted by Crippen LogP contribution is 2.36. The van der Waals surface area contributed by atoms with Gasteiger partial charge in [0.15, 0.2) is 0 Å². The highest BCUT2D eigenvalue weighted by molar-refractivity contribution is 7.88. The number of alkyl halides is 3. The molecule has 1 aromatic rings. The van der Waals surface area contributed by atoms with Gasteiger partial charge in [-0.3, -0.25) is 4.90 Å². The summed E-state index contributed by atoms with van der Waals surface area (Å²) in [5.74, 6) is -0.364. The summed E-state index contributed by atoms with van der Waals surface area (Å²) in [6.07, 6.45) is 3.28. The first-order valence-corrected chi connectivity index (χ1v) is 9.02. The molecule has 0 amide bonds. The summed E-state index contributed by atoms with van der Waals surface area (Å²) in [4.78, 5) is 2.15. The van der Waals surface area contributed by atoms with E-state index in [4.69, 9.17) is 16.3 Å². The summed E-state index contributed by atoms with van der Waals surface area (Å²) >= 11 is 6.11. The number of likely N-dealkylation sites (tertiary alicyclic amines) is 1. The fraction of sp³-hybridized carbons (Fsp3) is 0.571. The van der Waals surface area contributed by atoms with Crippen molar-refractivity contribution in [1.29, 1.82) is 0 Å². The van der Waals surface area contributed by atoms with Crippen LogP contribution in [0.15, 0.2) is 12.1 Å². The molecule has 1 fully saturated rings. The van der Waals surface area contributed by atoms with E-state index >= 15 is 0 Å². The summed E-state index contributed by atoms with van der Waals surface area (Å²) in [5.41, 5.74) is -4.93. The average Bonchev–Trinajstić information content (AvgIpc) is 2.49. The first kappa shape index (κ1) is 19.1. The van der Waals surface area contributed by atoms with E-state index in [1.165, 1.54) is 7.11 Å². The van der Waals surface area contributed by atoms with Gasteiger partial charge >= 0.3 is 15.6 Å². The molecule has 136 valence electrons. The van der Waals surface area contributed by atoms with Crippen LogP contribution in [0.2, 0.25) is 5.02 Å². The predicted molar refractivity (Wildman–Crippen MR) is 82.7 cm³/mol. The van der Waals surface area contributed by atoms with E-state index in [0.717, 1.165) is 44.5 Å². The predicted octanol–water partition coefficient (Wildman–Crippen LogP) is 3.56. The average molecular weight is 388 g/mol. The molecule has 1 saturated heterocycles. The van der Waals surface area contributed by atoms with Crippen LogP contribution in [0.4, 0.5) is 13.2 Å². The molecule has 0 atom stereocenters. The van der Waals surface area contributed by atoms with Crippen molar-refractivity contribution in [2.75, 3.05) is 20.2 Å². The minimum absolute atomic E-state index is 0.0901. The second kappa shape index (κ2) is 7.37. The molecule has 0 aromatic heterocycles. The van der Waals surface area contributed by atoms with E-state index in [0.29, 0.717) is 12.1 Å². The van der Waals surface area contributed by atoms with Crippen LogP contribution >= 0.6 is 11.6 Å². The second-order valence-electron chi connectivity index (χ2n) is 5.41. The van der Waals surface area contributed by atoms with E-state index in [-0.39, 0.29) is 10.8 Å². The molecule has 0 bridgehead atoms. The lowest BCUT2D eigenvalue weighted by atomic mass is 10.1. The van der Waals surface area contributed by atoms with Gasteiger partial charge in [0.25, 0.3) is 0 Å². The van der Waals surface area contributed by atoms with Crippen molar-refractivity contribution < 1.29 is 30.5 Å².